The third kappa shape index (κ3) is 12.6. The Balaban J connectivity index is 3.05. The van der Waals surface area contributed by atoms with E-state index in [1.807, 2.05) is 0 Å². The molecular formula is C26H44O10. The van der Waals surface area contributed by atoms with Crippen LogP contribution in [0.5, 0.6) is 0 Å². The molecule has 0 aliphatic heterocycles. The molecule has 0 aromatic carbocycles. The minimum Gasteiger partial charge on any atom is -0.382 e. The van der Waals surface area contributed by atoms with Gasteiger partial charge < -0.3 is 37.9 Å². The van der Waals surface area contributed by atoms with E-state index in [9.17, 15) is 9.59 Å². The van der Waals surface area contributed by atoms with E-state index in [1.54, 1.807) is 28.4 Å². The summed E-state index contributed by atoms with van der Waals surface area (Å²) < 4.78 is 42.4. The van der Waals surface area contributed by atoms with Gasteiger partial charge in [-0.3, -0.25) is 9.59 Å². The van der Waals surface area contributed by atoms with Gasteiger partial charge in [0.25, 0.3) is 0 Å². The highest BCUT2D eigenvalue weighted by Gasteiger charge is 2.33. The third-order valence-corrected chi connectivity index (χ3v) is 5.54. The van der Waals surface area contributed by atoms with E-state index in [-0.39, 0.29) is 11.6 Å². The Morgan fingerprint density at radius 1 is 0.361 bits per heavy atom. The van der Waals surface area contributed by atoms with Crippen LogP contribution < -0.4 is 0 Å². The standard InChI is InChI=1S/C26H44O10/c1-29-13-17-33-9-5-21-22(6-10-34-18-14-30-2)26(28)24(8-12-36-20-16-32-4)23(25(21)27)7-11-35-19-15-31-3/h5-20H2,1-4H3. The van der Waals surface area contributed by atoms with Crippen molar-refractivity contribution in [2.24, 2.45) is 0 Å². The Bertz CT molecular complexity index is 576. The van der Waals surface area contributed by atoms with Crippen LogP contribution >= 0.6 is 0 Å². The summed E-state index contributed by atoms with van der Waals surface area (Å²) in [6.45, 7) is 4.79. The summed E-state index contributed by atoms with van der Waals surface area (Å²) in [6, 6.07) is 0. The molecule has 0 heterocycles. The first-order valence-corrected chi connectivity index (χ1v) is 12.4. The molecule has 0 spiro atoms. The van der Waals surface area contributed by atoms with Gasteiger partial charge in [-0.1, -0.05) is 0 Å². The van der Waals surface area contributed by atoms with Crippen LogP contribution in [0, 0.1) is 0 Å². The van der Waals surface area contributed by atoms with E-state index in [1.165, 1.54) is 0 Å². The van der Waals surface area contributed by atoms with Gasteiger partial charge in [-0.2, -0.15) is 0 Å². The summed E-state index contributed by atoms with van der Waals surface area (Å²) in [4.78, 5) is 27.3. The quantitative estimate of drug-likeness (QED) is 0.139. The first-order chi connectivity index (χ1) is 17.6. The molecule has 0 radical (unpaired) electrons. The maximum absolute atomic E-state index is 13.7. The van der Waals surface area contributed by atoms with Crippen LogP contribution in [0.2, 0.25) is 0 Å². The predicted molar refractivity (Wildman–Crippen MR) is 133 cm³/mol. The molecule has 0 saturated heterocycles. The fourth-order valence-corrected chi connectivity index (χ4v) is 3.64. The maximum atomic E-state index is 13.7. The fourth-order valence-electron chi connectivity index (χ4n) is 3.64. The van der Waals surface area contributed by atoms with Gasteiger partial charge in [0, 0.05) is 76.4 Å². The molecule has 10 nitrogen and oxygen atoms in total. The first kappa shape index (κ1) is 32.5. The van der Waals surface area contributed by atoms with Crippen LogP contribution in [0.1, 0.15) is 25.7 Å². The SMILES string of the molecule is COCCOCCC1=C(CCOCCOC)C(=O)C(CCOCCOC)=C(CCOCCOC)C1=O. The molecule has 1 aliphatic rings. The first-order valence-electron chi connectivity index (χ1n) is 12.4. The van der Waals surface area contributed by atoms with E-state index >= 15 is 0 Å². The smallest absolute Gasteiger partial charge is 0.185 e. The van der Waals surface area contributed by atoms with Crippen LogP contribution in [0.25, 0.3) is 0 Å². The summed E-state index contributed by atoms with van der Waals surface area (Å²) in [5, 5.41) is 0. The molecule has 0 saturated carbocycles. The summed E-state index contributed by atoms with van der Waals surface area (Å²) in [7, 11) is 6.40. The molecule has 0 aromatic rings. The van der Waals surface area contributed by atoms with Gasteiger partial charge in [0.2, 0.25) is 0 Å². The lowest BCUT2D eigenvalue weighted by Gasteiger charge is -2.25. The van der Waals surface area contributed by atoms with E-state index < -0.39 is 0 Å². The van der Waals surface area contributed by atoms with Crippen molar-refractivity contribution in [2.75, 3.05) is 108 Å². The van der Waals surface area contributed by atoms with E-state index in [2.05, 4.69) is 0 Å². The maximum Gasteiger partial charge on any atom is 0.185 e. The van der Waals surface area contributed by atoms with E-state index in [0.717, 1.165) is 0 Å². The average Bonchev–Trinajstić information content (AvgIpc) is 2.88. The van der Waals surface area contributed by atoms with E-state index in [0.29, 0.717) is 127 Å². The summed E-state index contributed by atoms with van der Waals surface area (Å²) in [5.74, 6) is -0.252. The van der Waals surface area contributed by atoms with Crippen molar-refractivity contribution in [3.8, 4) is 0 Å². The fraction of sp³-hybridized carbons (Fsp3) is 0.769. The number of carbonyl (C=O) groups excluding carboxylic acids is 2. The van der Waals surface area contributed by atoms with Gasteiger partial charge in [-0.25, -0.2) is 0 Å². The average molecular weight is 517 g/mol. The number of ether oxygens (including phenoxy) is 8. The molecule has 1 aliphatic carbocycles. The number of hydrogen-bond donors (Lipinski definition) is 0. The molecule has 0 bridgehead atoms. The molecule has 0 atom stereocenters. The molecule has 0 aromatic heterocycles. The van der Waals surface area contributed by atoms with Gasteiger partial charge in [-0.05, 0) is 0 Å². The van der Waals surface area contributed by atoms with Crippen molar-refractivity contribution in [1.29, 1.82) is 0 Å². The van der Waals surface area contributed by atoms with Gasteiger partial charge >= 0.3 is 0 Å². The summed E-state index contributed by atoms with van der Waals surface area (Å²) in [6.07, 6.45) is 1.36. The third-order valence-electron chi connectivity index (χ3n) is 5.54. The van der Waals surface area contributed by atoms with Crippen LogP contribution in [0.15, 0.2) is 22.3 Å². The number of methoxy groups -OCH3 is 4. The van der Waals surface area contributed by atoms with Gasteiger partial charge in [-0.15, -0.1) is 0 Å². The van der Waals surface area contributed by atoms with Gasteiger partial charge in [0.05, 0.1) is 79.3 Å². The van der Waals surface area contributed by atoms with Gasteiger partial charge in [0.15, 0.2) is 11.6 Å². The largest absolute Gasteiger partial charge is 0.382 e. The minimum absolute atomic E-state index is 0.126. The number of hydrogen-bond acceptors (Lipinski definition) is 10. The molecule has 0 N–H and O–H groups in total. The number of rotatable bonds is 24. The van der Waals surface area contributed by atoms with Crippen LogP contribution in [-0.2, 0) is 47.5 Å². The topological polar surface area (TPSA) is 108 Å². The Hall–Kier alpha value is -1.50. The zero-order chi connectivity index (χ0) is 26.4. The monoisotopic (exact) mass is 516 g/mol. The zero-order valence-corrected chi connectivity index (χ0v) is 22.4. The lowest BCUT2D eigenvalue weighted by Crippen LogP contribution is -2.27. The molecule has 1 rings (SSSR count). The van der Waals surface area contributed by atoms with E-state index in [4.69, 9.17) is 37.9 Å². The summed E-state index contributed by atoms with van der Waals surface area (Å²) in [5.41, 5.74) is 1.96. The highest BCUT2D eigenvalue weighted by atomic mass is 16.5. The van der Waals surface area contributed by atoms with Crippen molar-refractivity contribution in [1.82, 2.24) is 0 Å². The molecule has 10 heteroatoms. The lowest BCUT2D eigenvalue weighted by atomic mass is 9.79. The second-order valence-electron chi connectivity index (χ2n) is 7.99. The van der Waals surface area contributed by atoms with Crippen molar-refractivity contribution in [2.45, 2.75) is 25.7 Å². The van der Waals surface area contributed by atoms with Crippen LogP contribution in [0.3, 0.4) is 0 Å². The van der Waals surface area contributed by atoms with Gasteiger partial charge in [0.1, 0.15) is 0 Å². The molecule has 36 heavy (non-hydrogen) atoms. The zero-order valence-electron chi connectivity index (χ0n) is 22.4. The van der Waals surface area contributed by atoms with Crippen LogP contribution in [-0.4, -0.2) is 119 Å². The second kappa shape index (κ2) is 21.6. The Labute approximate surface area is 215 Å². The molecular weight excluding hydrogens is 472 g/mol. The Morgan fingerprint density at radius 3 is 0.778 bits per heavy atom. The molecule has 208 valence electrons. The Kier molecular flexibility index (Phi) is 19.5. The molecule has 0 fully saturated rings. The van der Waals surface area contributed by atoms with Crippen molar-refractivity contribution >= 4 is 11.6 Å². The normalized spacial score (nSPS) is 14.4. The number of ketones is 2. The molecule has 0 amide bonds. The predicted octanol–water partition coefficient (Wildman–Crippen LogP) is 1.94. The highest BCUT2D eigenvalue weighted by molar-refractivity contribution is 6.25. The number of Topliss-reactive ketones (excluding diaryl/α,β-unsaturated/α-hetero) is 2. The summed E-state index contributed by atoms with van der Waals surface area (Å²) >= 11 is 0. The van der Waals surface area contributed by atoms with Crippen LogP contribution in [0.4, 0.5) is 0 Å². The minimum atomic E-state index is -0.126. The lowest BCUT2D eigenvalue weighted by molar-refractivity contribution is -0.117. The van der Waals surface area contributed by atoms with Crippen molar-refractivity contribution in [3.05, 3.63) is 22.3 Å². The highest BCUT2D eigenvalue weighted by Crippen LogP contribution is 2.32. The number of carbonyl (C=O) groups is 2. The van der Waals surface area contributed by atoms with Crippen molar-refractivity contribution < 1.29 is 47.5 Å². The molecule has 0 unspecified atom stereocenters. The second-order valence-corrected chi connectivity index (χ2v) is 7.99. The van der Waals surface area contributed by atoms with Crippen molar-refractivity contribution in [3.63, 3.8) is 0 Å². The Morgan fingerprint density at radius 2 is 0.583 bits per heavy atom.